The van der Waals surface area contributed by atoms with Gasteiger partial charge in [-0.25, -0.2) is 0 Å². The molecule has 0 atom stereocenters. The van der Waals surface area contributed by atoms with E-state index in [0.717, 1.165) is 26.0 Å². The average molecular weight is 301 g/mol. The molecule has 0 fully saturated rings. The molecule has 0 saturated heterocycles. The van der Waals surface area contributed by atoms with Crippen LogP contribution in [0, 0.1) is 10.1 Å². The van der Waals surface area contributed by atoms with Gasteiger partial charge >= 0.3 is 0 Å². The molecule has 0 unspecified atom stereocenters. The van der Waals surface area contributed by atoms with E-state index >= 15 is 0 Å². The Morgan fingerprint density at radius 3 is 2.80 bits per heavy atom. The molecule has 0 amide bonds. The van der Waals surface area contributed by atoms with Crippen molar-refractivity contribution in [2.24, 2.45) is 0 Å². The minimum Gasteiger partial charge on any atom is -0.379 e. The Bertz CT molecular complexity index is 438. The average Bonchev–Trinajstić information content (AvgIpc) is 2.37. The van der Waals surface area contributed by atoms with E-state index in [1.165, 1.54) is 12.1 Å². The lowest BCUT2D eigenvalue weighted by Crippen LogP contribution is -2.16. The molecule has 1 aromatic carbocycles. The molecule has 0 bridgehead atoms. The van der Waals surface area contributed by atoms with E-state index in [1.807, 2.05) is 13.8 Å². The lowest BCUT2D eigenvalue weighted by atomic mass is 10.2. The highest BCUT2D eigenvalue weighted by Crippen LogP contribution is 2.22. The summed E-state index contributed by atoms with van der Waals surface area (Å²) in [4.78, 5) is 10.5. The number of unbranched alkanes of at least 4 members (excludes halogenated alkanes) is 1. The molecule has 20 heavy (non-hydrogen) atoms. The second-order valence-electron chi connectivity index (χ2n) is 4.83. The molecule has 1 aromatic rings. The maximum absolute atomic E-state index is 10.9. The van der Waals surface area contributed by atoms with Gasteiger partial charge < -0.3 is 10.1 Å². The normalized spacial score (nSPS) is 11.0. The third-order valence-electron chi connectivity index (χ3n) is 2.75. The lowest BCUT2D eigenvalue weighted by Gasteiger charge is -2.08. The first-order valence-corrected chi connectivity index (χ1v) is 7.13. The number of nitro benzene ring substituents is 1. The van der Waals surface area contributed by atoms with Crippen molar-refractivity contribution in [3.8, 4) is 0 Å². The number of nitrogens with one attached hydrogen (secondary N) is 1. The molecule has 6 heteroatoms. The fourth-order valence-electron chi connectivity index (χ4n) is 1.77. The second-order valence-corrected chi connectivity index (χ2v) is 5.27. The summed E-state index contributed by atoms with van der Waals surface area (Å²) in [5.74, 6) is 0. The van der Waals surface area contributed by atoms with Crippen molar-refractivity contribution in [2.75, 3.05) is 13.2 Å². The predicted octanol–water partition coefficient (Wildman–Crippen LogP) is 3.54. The molecule has 0 radical (unpaired) electrons. The molecule has 1 rings (SSSR count). The van der Waals surface area contributed by atoms with Gasteiger partial charge in [0.15, 0.2) is 0 Å². The van der Waals surface area contributed by atoms with Crippen LogP contribution >= 0.6 is 11.6 Å². The van der Waals surface area contributed by atoms with Crippen molar-refractivity contribution in [3.05, 3.63) is 38.9 Å². The van der Waals surface area contributed by atoms with Crippen LogP contribution in [-0.2, 0) is 11.3 Å². The van der Waals surface area contributed by atoms with Gasteiger partial charge in [0.2, 0.25) is 0 Å². The first-order chi connectivity index (χ1) is 9.50. The number of hydrogen-bond donors (Lipinski definition) is 1. The predicted molar refractivity (Wildman–Crippen MR) is 80.1 cm³/mol. The quantitative estimate of drug-likeness (QED) is 0.430. The van der Waals surface area contributed by atoms with Gasteiger partial charge in [0.25, 0.3) is 5.69 Å². The van der Waals surface area contributed by atoms with Crippen molar-refractivity contribution < 1.29 is 9.66 Å². The van der Waals surface area contributed by atoms with Crippen LogP contribution in [0.25, 0.3) is 0 Å². The number of benzene rings is 1. The van der Waals surface area contributed by atoms with Gasteiger partial charge in [0.05, 0.1) is 11.0 Å². The highest BCUT2D eigenvalue weighted by molar-refractivity contribution is 6.30. The van der Waals surface area contributed by atoms with Crippen LogP contribution in [0.4, 0.5) is 5.69 Å². The van der Waals surface area contributed by atoms with E-state index in [4.69, 9.17) is 16.3 Å². The smallest absolute Gasteiger partial charge is 0.273 e. The van der Waals surface area contributed by atoms with Crippen LogP contribution in [-0.4, -0.2) is 24.2 Å². The maximum Gasteiger partial charge on any atom is 0.273 e. The van der Waals surface area contributed by atoms with E-state index < -0.39 is 0 Å². The monoisotopic (exact) mass is 300 g/mol. The van der Waals surface area contributed by atoms with Gasteiger partial charge in [-0.2, -0.15) is 0 Å². The molecular formula is C14H21ClN2O3. The number of ether oxygens (including phenoxy) is 1. The van der Waals surface area contributed by atoms with Gasteiger partial charge in [-0.05, 0) is 45.4 Å². The molecule has 0 aliphatic carbocycles. The number of halogens is 1. The van der Waals surface area contributed by atoms with Crippen molar-refractivity contribution in [1.82, 2.24) is 5.32 Å². The fraction of sp³-hybridized carbons (Fsp3) is 0.571. The summed E-state index contributed by atoms with van der Waals surface area (Å²) < 4.78 is 5.44. The summed E-state index contributed by atoms with van der Waals surface area (Å²) in [6.45, 7) is 6.01. The van der Waals surface area contributed by atoms with Gasteiger partial charge in [-0.3, -0.25) is 10.1 Å². The van der Waals surface area contributed by atoms with Gasteiger partial charge in [0.1, 0.15) is 0 Å². The molecule has 0 spiro atoms. The third kappa shape index (κ3) is 6.32. The molecule has 0 aliphatic rings. The van der Waals surface area contributed by atoms with Crippen LogP contribution in [0.1, 0.15) is 32.3 Å². The van der Waals surface area contributed by atoms with Crippen molar-refractivity contribution in [1.29, 1.82) is 0 Å². The third-order valence-corrected chi connectivity index (χ3v) is 2.99. The summed E-state index contributed by atoms with van der Waals surface area (Å²) in [7, 11) is 0. The first kappa shape index (κ1) is 16.9. The van der Waals surface area contributed by atoms with Crippen LogP contribution in [0.2, 0.25) is 5.02 Å². The fourth-order valence-corrected chi connectivity index (χ4v) is 1.96. The molecule has 5 nitrogen and oxygen atoms in total. The minimum atomic E-state index is -0.385. The van der Waals surface area contributed by atoms with Crippen LogP contribution < -0.4 is 5.32 Å². The first-order valence-electron chi connectivity index (χ1n) is 6.76. The molecule has 0 aromatic heterocycles. The Balaban J connectivity index is 2.31. The topological polar surface area (TPSA) is 64.4 Å². The van der Waals surface area contributed by atoms with Crippen molar-refractivity contribution >= 4 is 17.3 Å². The summed E-state index contributed by atoms with van der Waals surface area (Å²) in [6.07, 6.45) is 2.21. The highest BCUT2D eigenvalue weighted by Gasteiger charge is 2.13. The summed E-state index contributed by atoms with van der Waals surface area (Å²) in [6, 6.07) is 4.61. The largest absolute Gasteiger partial charge is 0.379 e. The zero-order chi connectivity index (χ0) is 15.0. The highest BCUT2D eigenvalue weighted by atomic mass is 35.5. The number of nitro groups is 1. The van der Waals surface area contributed by atoms with Crippen molar-refractivity contribution in [3.63, 3.8) is 0 Å². The van der Waals surface area contributed by atoms with Gasteiger partial charge in [0, 0.05) is 29.8 Å². The summed E-state index contributed by atoms with van der Waals surface area (Å²) >= 11 is 5.87. The maximum atomic E-state index is 10.9. The van der Waals surface area contributed by atoms with E-state index in [1.54, 1.807) is 6.07 Å². The Labute approximate surface area is 124 Å². The Hall–Kier alpha value is -1.17. The number of rotatable bonds is 9. The molecule has 112 valence electrons. The van der Waals surface area contributed by atoms with E-state index in [2.05, 4.69) is 5.32 Å². The Kier molecular flexibility index (Phi) is 7.51. The van der Waals surface area contributed by atoms with E-state index in [0.29, 0.717) is 17.1 Å². The zero-order valence-corrected chi connectivity index (χ0v) is 12.7. The Morgan fingerprint density at radius 2 is 2.15 bits per heavy atom. The molecular weight excluding hydrogens is 280 g/mol. The second kappa shape index (κ2) is 8.89. The van der Waals surface area contributed by atoms with Crippen LogP contribution in [0.3, 0.4) is 0 Å². The molecule has 0 aliphatic heterocycles. The molecule has 1 N–H and O–H groups in total. The van der Waals surface area contributed by atoms with E-state index in [9.17, 15) is 10.1 Å². The lowest BCUT2D eigenvalue weighted by molar-refractivity contribution is -0.385. The number of nitrogens with zero attached hydrogens (tertiary/aromatic N) is 1. The van der Waals surface area contributed by atoms with Gasteiger partial charge in [-0.15, -0.1) is 0 Å². The van der Waals surface area contributed by atoms with Gasteiger partial charge in [-0.1, -0.05) is 11.6 Å². The Morgan fingerprint density at radius 1 is 1.40 bits per heavy atom. The summed E-state index contributed by atoms with van der Waals surface area (Å²) in [5.41, 5.74) is 0.714. The molecule has 0 saturated carbocycles. The van der Waals surface area contributed by atoms with Crippen LogP contribution in [0.15, 0.2) is 18.2 Å². The SMILES string of the molecule is CC(C)OCCCCNCc1cc(Cl)ccc1[N+](=O)[O-]. The number of hydrogen-bond acceptors (Lipinski definition) is 4. The molecule has 0 heterocycles. The van der Waals surface area contributed by atoms with E-state index in [-0.39, 0.29) is 16.7 Å². The minimum absolute atomic E-state index is 0.102. The van der Waals surface area contributed by atoms with Crippen LogP contribution in [0.5, 0.6) is 0 Å². The summed E-state index contributed by atoms with van der Waals surface area (Å²) in [5, 5.41) is 14.6. The zero-order valence-electron chi connectivity index (χ0n) is 11.9. The standard InChI is InChI=1S/C14H21ClN2O3/c1-11(2)20-8-4-3-7-16-10-12-9-13(15)5-6-14(12)17(18)19/h5-6,9,11,16H,3-4,7-8,10H2,1-2H3. The van der Waals surface area contributed by atoms with Crippen molar-refractivity contribution in [2.45, 2.75) is 39.3 Å².